The van der Waals surface area contributed by atoms with Crippen molar-refractivity contribution in [3.05, 3.63) is 34.9 Å². The van der Waals surface area contributed by atoms with Crippen molar-refractivity contribution in [1.82, 2.24) is 5.32 Å². The van der Waals surface area contributed by atoms with Gasteiger partial charge in [-0.2, -0.15) is 11.8 Å². The number of halogens is 1. The van der Waals surface area contributed by atoms with E-state index in [1.807, 2.05) is 23.9 Å². The molecule has 0 radical (unpaired) electrons. The molecule has 0 heterocycles. The first-order valence-corrected chi connectivity index (χ1v) is 8.00. The Kier molecular flexibility index (Phi) is 7.74. The van der Waals surface area contributed by atoms with Gasteiger partial charge in [0.1, 0.15) is 0 Å². The average molecular weight is 272 g/mol. The molecule has 0 aliphatic carbocycles. The summed E-state index contributed by atoms with van der Waals surface area (Å²) in [6, 6.07) is 8.29. The Balaban J connectivity index is 2.57. The standard InChI is InChI=1S/C14H22ClNS/c1-3-16-11-13(5-4-10-17-2)12-6-8-14(15)9-7-12/h6-9,13,16H,3-5,10-11H2,1-2H3. The fourth-order valence-corrected chi connectivity index (χ4v) is 2.50. The van der Waals surface area contributed by atoms with Gasteiger partial charge in [0, 0.05) is 11.6 Å². The van der Waals surface area contributed by atoms with Crippen LogP contribution in [-0.4, -0.2) is 25.1 Å². The maximum Gasteiger partial charge on any atom is 0.0406 e. The lowest BCUT2D eigenvalue weighted by Crippen LogP contribution is -2.21. The van der Waals surface area contributed by atoms with Crippen LogP contribution in [0.3, 0.4) is 0 Å². The second-order valence-electron chi connectivity index (χ2n) is 4.19. The third kappa shape index (κ3) is 5.80. The Morgan fingerprint density at radius 2 is 2.00 bits per heavy atom. The van der Waals surface area contributed by atoms with Gasteiger partial charge in [0.15, 0.2) is 0 Å². The van der Waals surface area contributed by atoms with E-state index in [0.717, 1.165) is 18.1 Å². The van der Waals surface area contributed by atoms with E-state index in [9.17, 15) is 0 Å². The van der Waals surface area contributed by atoms with E-state index in [1.165, 1.54) is 24.2 Å². The lowest BCUT2D eigenvalue weighted by atomic mass is 9.94. The van der Waals surface area contributed by atoms with Crippen LogP contribution in [0.2, 0.25) is 5.02 Å². The number of nitrogens with one attached hydrogen (secondary N) is 1. The first-order chi connectivity index (χ1) is 8.27. The summed E-state index contributed by atoms with van der Waals surface area (Å²) in [6.07, 6.45) is 4.69. The predicted octanol–water partition coefficient (Wildman–Crippen LogP) is 4.18. The molecule has 3 heteroatoms. The van der Waals surface area contributed by atoms with Gasteiger partial charge in [-0.3, -0.25) is 0 Å². The van der Waals surface area contributed by atoms with E-state index in [-0.39, 0.29) is 0 Å². The molecule has 0 aliphatic heterocycles. The Morgan fingerprint density at radius 1 is 1.29 bits per heavy atom. The first-order valence-electron chi connectivity index (χ1n) is 6.23. The predicted molar refractivity (Wildman–Crippen MR) is 80.4 cm³/mol. The Labute approximate surface area is 114 Å². The topological polar surface area (TPSA) is 12.0 Å². The number of benzene rings is 1. The normalized spacial score (nSPS) is 12.6. The molecule has 0 fully saturated rings. The van der Waals surface area contributed by atoms with E-state index in [2.05, 4.69) is 30.6 Å². The van der Waals surface area contributed by atoms with Crippen LogP contribution in [-0.2, 0) is 0 Å². The van der Waals surface area contributed by atoms with Gasteiger partial charge in [0.05, 0.1) is 0 Å². The zero-order chi connectivity index (χ0) is 12.5. The van der Waals surface area contributed by atoms with Crippen LogP contribution in [0.4, 0.5) is 0 Å². The molecule has 0 bridgehead atoms. The van der Waals surface area contributed by atoms with Gasteiger partial charge in [-0.25, -0.2) is 0 Å². The highest BCUT2D eigenvalue weighted by Gasteiger charge is 2.10. The molecule has 17 heavy (non-hydrogen) atoms. The first kappa shape index (κ1) is 14.9. The molecule has 96 valence electrons. The van der Waals surface area contributed by atoms with Crippen LogP contribution in [0, 0.1) is 0 Å². The molecule has 1 atom stereocenters. The maximum atomic E-state index is 5.93. The third-order valence-electron chi connectivity index (χ3n) is 2.88. The summed E-state index contributed by atoms with van der Waals surface area (Å²) in [7, 11) is 0. The van der Waals surface area contributed by atoms with Crippen molar-refractivity contribution < 1.29 is 0 Å². The quantitative estimate of drug-likeness (QED) is 0.712. The Hall–Kier alpha value is -0.180. The highest BCUT2D eigenvalue weighted by Crippen LogP contribution is 2.23. The fraction of sp³-hybridized carbons (Fsp3) is 0.571. The van der Waals surface area contributed by atoms with E-state index in [0.29, 0.717) is 5.92 Å². The van der Waals surface area contributed by atoms with E-state index < -0.39 is 0 Å². The van der Waals surface area contributed by atoms with Gasteiger partial charge >= 0.3 is 0 Å². The molecule has 1 rings (SSSR count). The molecular formula is C14H22ClNS. The van der Waals surface area contributed by atoms with E-state index in [1.54, 1.807) is 0 Å². The smallest absolute Gasteiger partial charge is 0.0406 e. The summed E-state index contributed by atoms with van der Waals surface area (Å²) in [6.45, 7) is 4.25. The van der Waals surface area contributed by atoms with Crippen LogP contribution < -0.4 is 5.32 Å². The molecule has 1 unspecified atom stereocenters. The monoisotopic (exact) mass is 271 g/mol. The van der Waals surface area contributed by atoms with Gasteiger partial charge in [-0.1, -0.05) is 30.7 Å². The maximum absolute atomic E-state index is 5.93. The molecule has 1 nitrogen and oxygen atoms in total. The summed E-state index contributed by atoms with van der Waals surface area (Å²) in [5, 5.41) is 4.27. The largest absolute Gasteiger partial charge is 0.316 e. The van der Waals surface area contributed by atoms with E-state index >= 15 is 0 Å². The summed E-state index contributed by atoms with van der Waals surface area (Å²) >= 11 is 7.85. The molecule has 0 saturated carbocycles. The minimum atomic E-state index is 0.611. The van der Waals surface area contributed by atoms with Crippen molar-refractivity contribution in [3.8, 4) is 0 Å². The number of rotatable bonds is 8. The number of thioether (sulfide) groups is 1. The fourth-order valence-electron chi connectivity index (χ4n) is 1.91. The minimum Gasteiger partial charge on any atom is -0.316 e. The summed E-state index contributed by atoms with van der Waals surface area (Å²) < 4.78 is 0. The molecular weight excluding hydrogens is 250 g/mol. The van der Waals surface area contributed by atoms with Crippen LogP contribution in [0.15, 0.2) is 24.3 Å². The van der Waals surface area contributed by atoms with Crippen molar-refractivity contribution in [2.45, 2.75) is 25.7 Å². The highest BCUT2D eigenvalue weighted by molar-refractivity contribution is 7.98. The number of hydrogen-bond acceptors (Lipinski definition) is 2. The van der Waals surface area contributed by atoms with Gasteiger partial charge in [0.25, 0.3) is 0 Å². The van der Waals surface area contributed by atoms with Gasteiger partial charge in [0.2, 0.25) is 0 Å². The molecule has 1 aromatic rings. The lowest BCUT2D eigenvalue weighted by molar-refractivity contribution is 0.557. The van der Waals surface area contributed by atoms with Crippen molar-refractivity contribution in [2.24, 2.45) is 0 Å². The van der Waals surface area contributed by atoms with Crippen molar-refractivity contribution >= 4 is 23.4 Å². The summed E-state index contributed by atoms with van der Waals surface area (Å²) in [5.74, 6) is 1.86. The minimum absolute atomic E-state index is 0.611. The average Bonchev–Trinajstić information content (AvgIpc) is 2.35. The third-order valence-corrected chi connectivity index (χ3v) is 3.83. The highest BCUT2D eigenvalue weighted by atomic mass is 35.5. The van der Waals surface area contributed by atoms with Crippen LogP contribution in [0.25, 0.3) is 0 Å². The molecule has 0 aliphatic rings. The zero-order valence-electron chi connectivity index (χ0n) is 10.7. The molecule has 0 spiro atoms. The summed E-state index contributed by atoms with van der Waals surface area (Å²) in [4.78, 5) is 0. The van der Waals surface area contributed by atoms with Crippen molar-refractivity contribution in [2.75, 3.05) is 25.1 Å². The zero-order valence-corrected chi connectivity index (χ0v) is 12.3. The van der Waals surface area contributed by atoms with Crippen LogP contribution in [0.5, 0.6) is 0 Å². The second-order valence-corrected chi connectivity index (χ2v) is 5.61. The second kappa shape index (κ2) is 8.84. The summed E-state index contributed by atoms with van der Waals surface area (Å²) in [5.41, 5.74) is 1.40. The Bertz CT molecular complexity index is 300. The number of likely N-dealkylation sites (N-methyl/N-ethyl adjacent to an activating group) is 1. The van der Waals surface area contributed by atoms with Gasteiger partial charge in [-0.05, 0) is 55.0 Å². The van der Waals surface area contributed by atoms with Crippen molar-refractivity contribution in [1.29, 1.82) is 0 Å². The SMILES string of the molecule is CCNCC(CCCSC)c1ccc(Cl)cc1. The van der Waals surface area contributed by atoms with Crippen molar-refractivity contribution in [3.63, 3.8) is 0 Å². The molecule has 0 saturated heterocycles. The van der Waals surface area contributed by atoms with Gasteiger partial charge in [-0.15, -0.1) is 0 Å². The van der Waals surface area contributed by atoms with E-state index in [4.69, 9.17) is 11.6 Å². The molecule has 0 aromatic heterocycles. The number of hydrogen-bond donors (Lipinski definition) is 1. The molecule has 0 amide bonds. The van der Waals surface area contributed by atoms with Crippen LogP contribution >= 0.6 is 23.4 Å². The Morgan fingerprint density at radius 3 is 2.59 bits per heavy atom. The van der Waals surface area contributed by atoms with Gasteiger partial charge < -0.3 is 5.32 Å². The van der Waals surface area contributed by atoms with Crippen LogP contribution in [0.1, 0.15) is 31.2 Å². The molecule has 1 N–H and O–H groups in total. The lowest BCUT2D eigenvalue weighted by Gasteiger charge is -2.17. The molecule has 1 aromatic carbocycles.